The third-order valence-corrected chi connectivity index (χ3v) is 9.14. The van der Waals surface area contributed by atoms with Gasteiger partial charge >= 0.3 is 0 Å². The minimum absolute atomic E-state index is 0.117. The number of benzene rings is 1. The average molecular weight is 521 g/mol. The van der Waals surface area contributed by atoms with Gasteiger partial charge in [0, 0.05) is 36.6 Å². The molecule has 2 aromatic heterocycles. The van der Waals surface area contributed by atoms with E-state index in [0.717, 1.165) is 48.0 Å². The van der Waals surface area contributed by atoms with Crippen molar-refractivity contribution in [2.24, 2.45) is 13.0 Å². The first kappa shape index (κ1) is 22.0. The highest BCUT2D eigenvalue weighted by Gasteiger charge is 2.54. The minimum Gasteiger partial charge on any atom is -0.486 e. The molecular formula is C27H29ClN6O3. The maximum Gasteiger partial charge on any atom is 0.295 e. The SMILES string of the molecule is Cn1c(=O)c2c(c3cc(Nc4nc(N5C6CC7CC5C(C6)O7)ncc4Cl)ccc31)N[C@@H](C1CC1)CCO2. The van der Waals surface area contributed by atoms with Crippen LogP contribution in [0.1, 0.15) is 38.5 Å². The smallest absolute Gasteiger partial charge is 0.295 e. The van der Waals surface area contributed by atoms with Crippen molar-refractivity contribution >= 4 is 45.6 Å². The number of hydrogen-bond donors (Lipinski definition) is 2. The summed E-state index contributed by atoms with van der Waals surface area (Å²) >= 11 is 6.56. The molecule has 9 nitrogen and oxygen atoms in total. The minimum atomic E-state index is -0.117. The first-order valence-electron chi connectivity index (χ1n) is 13.3. The van der Waals surface area contributed by atoms with Crippen LogP contribution in [0.3, 0.4) is 0 Å². The highest BCUT2D eigenvalue weighted by molar-refractivity contribution is 6.33. The molecule has 10 heteroatoms. The molecule has 1 aromatic carbocycles. The van der Waals surface area contributed by atoms with Gasteiger partial charge < -0.3 is 29.6 Å². The molecule has 1 saturated carbocycles. The van der Waals surface area contributed by atoms with Crippen molar-refractivity contribution in [3.63, 3.8) is 0 Å². The number of fused-ring (bicyclic) bond motifs is 3. The molecule has 4 saturated heterocycles. The number of nitrogens with one attached hydrogen (secondary N) is 2. The molecule has 3 aromatic rings. The Kier molecular flexibility index (Phi) is 4.74. The standard InChI is InChI=1S/C27H29ClN6O3/c1-33-20-5-4-14(8-17(20)23-24(26(33)35)36-7-6-19(31-23)13-2-3-13)30-25-18(28)12-29-27(32-25)34-15-9-16-11-21(34)22(10-15)37-16/h4-5,8,12-13,15-16,19,21-22,31H,2-3,6-7,9-11H2,1H3,(H,29,30,32)/t15?,16?,19-,21?,22?/m1/s1. The number of anilines is 4. The van der Waals surface area contributed by atoms with Crippen molar-refractivity contribution in [1.29, 1.82) is 0 Å². The Labute approximate surface area is 219 Å². The number of ether oxygens (including phenoxy) is 2. The lowest BCUT2D eigenvalue weighted by Gasteiger charge is -2.35. The Balaban J connectivity index is 1.17. The Morgan fingerprint density at radius 1 is 1.19 bits per heavy atom. The fourth-order valence-corrected chi connectivity index (χ4v) is 7.07. The molecule has 2 N–H and O–H groups in total. The van der Waals surface area contributed by atoms with Gasteiger partial charge in [-0.25, -0.2) is 4.98 Å². The maximum atomic E-state index is 13.1. The molecule has 0 radical (unpaired) electrons. The quantitative estimate of drug-likeness (QED) is 0.528. The van der Waals surface area contributed by atoms with Gasteiger partial charge in [0.15, 0.2) is 5.82 Å². The van der Waals surface area contributed by atoms with Gasteiger partial charge in [-0.2, -0.15) is 4.98 Å². The first-order chi connectivity index (χ1) is 18.0. The summed E-state index contributed by atoms with van der Waals surface area (Å²) in [7, 11) is 1.79. The fraction of sp³-hybridized carbons (Fsp3) is 0.519. The number of pyridine rings is 1. The number of nitrogens with zero attached hydrogens (tertiary/aromatic N) is 4. The summed E-state index contributed by atoms with van der Waals surface area (Å²) in [5, 5.41) is 8.49. The molecule has 4 unspecified atom stereocenters. The molecule has 9 rings (SSSR count). The van der Waals surface area contributed by atoms with Crippen LogP contribution in [-0.2, 0) is 11.8 Å². The summed E-state index contributed by atoms with van der Waals surface area (Å²) in [6.07, 6.45) is 8.82. The van der Waals surface area contributed by atoms with Crippen LogP contribution in [0.5, 0.6) is 5.75 Å². The summed E-state index contributed by atoms with van der Waals surface area (Å²) in [5.74, 6) is 2.32. The predicted molar refractivity (Wildman–Crippen MR) is 142 cm³/mol. The van der Waals surface area contributed by atoms with Crippen molar-refractivity contribution < 1.29 is 9.47 Å². The zero-order valence-electron chi connectivity index (χ0n) is 20.6. The Morgan fingerprint density at radius 2 is 2.08 bits per heavy atom. The summed E-state index contributed by atoms with van der Waals surface area (Å²) in [4.78, 5) is 24.9. The molecule has 192 valence electrons. The van der Waals surface area contributed by atoms with Crippen LogP contribution < -0.4 is 25.8 Å². The summed E-state index contributed by atoms with van der Waals surface area (Å²) < 4.78 is 13.8. The van der Waals surface area contributed by atoms with Crippen molar-refractivity contribution in [1.82, 2.24) is 14.5 Å². The van der Waals surface area contributed by atoms with E-state index in [4.69, 9.17) is 26.1 Å². The molecule has 5 fully saturated rings. The lowest BCUT2D eigenvalue weighted by atomic mass is 10.0. The Hall–Kier alpha value is -3.04. The second-order valence-corrected chi connectivity index (χ2v) is 11.6. The second-order valence-electron chi connectivity index (χ2n) is 11.1. The molecular weight excluding hydrogens is 492 g/mol. The van der Waals surface area contributed by atoms with Crippen molar-refractivity contribution in [3.05, 3.63) is 39.8 Å². The summed E-state index contributed by atoms with van der Waals surface area (Å²) in [5.41, 5.74) is 2.35. The van der Waals surface area contributed by atoms with E-state index < -0.39 is 0 Å². The van der Waals surface area contributed by atoms with Crippen molar-refractivity contribution in [2.45, 2.75) is 68.9 Å². The van der Waals surface area contributed by atoms with E-state index >= 15 is 0 Å². The van der Waals surface area contributed by atoms with Crippen molar-refractivity contribution in [3.8, 4) is 5.75 Å². The zero-order valence-corrected chi connectivity index (χ0v) is 21.4. The number of piperidine rings is 1. The Morgan fingerprint density at radius 3 is 2.92 bits per heavy atom. The third-order valence-electron chi connectivity index (χ3n) is 8.87. The molecule has 5 atom stereocenters. The maximum absolute atomic E-state index is 13.1. The van der Waals surface area contributed by atoms with Crippen LogP contribution in [0.15, 0.2) is 29.2 Å². The van der Waals surface area contributed by atoms with Crippen LogP contribution in [0, 0.1) is 5.92 Å². The van der Waals surface area contributed by atoms with E-state index in [1.54, 1.807) is 17.8 Å². The van der Waals surface area contributed by atoms with E-state index in [9.17, 15) is 4.79 Å². The summed E-state index contributed by atoms with van der Waals surface area (Å²) in [6, 6.07) is 7.06. The van der Waals surface area contributed by atoms with Gasteiger partial charge in [0.05, 0.1) is 42.3 Å². The fourth-order valence-electron chi connectivity index (χ4n) is 6.93. The molecule has 0 spiro atoms. The van der Waals surface area contributed by atoms with Gasteiger partial charge in [-0.1, -0.05) is 11.6 Å². The van der Waals surface area contributed by atoms with E-state index in [2.05, 4.69) is 20.5 Å². The molecule has 37 heavy (non-hydrogen) atoms. The van der Waals surface area contributed by atoms with Gasteiger partial charge in [0.1, 0.15) is 5.02 Å². The van der Waals surface area contributed by atoms with E-state index in [1.807, 2.05) is 18.2 Å². The number of halogens is 1. The van der Waals surface area contributed by atoms with E-state index in [0.29, 0.717) is 59.3 Å². The lowest BCUT2D eigenvalue weighted by Crippen LogP contribution is -2.43. The number of aromatic nitrogens is 3. The predicted octanol–water partition coefficient (Wildman–Crippen LogP) is 4.21. The molecule has 0 amide bonds. The van der Waals surface area contributed by atoms with Crippen LogP contribution >= 0.6 is 11.6 Å². The lowest BCUT2D eigenvalue weighted by molar-refractivity contribution is 0.0123. The van der Waals surface area contributed by atoms with Crippen LogP contribution in [0.2, 0.25) is 5.02 Å². The first-order valence-corrected chi connectivity index (χ1v) is 13.7. The second kappa shape index (κ2) is 7.98. The highest BCUT2D eigenvalue weighted by Crippen LogP contribution is 2.47. The van der Waals surface area contributed by atoms with Crippen LogP contribution in [0.25, 0.3) is 10.9 Å². The monoisotopic (exact) mass is 520 g/mol. The number of hydrogen-bond acceptors (Lipinski definition) is 8. The van der Waals surface area contributed by atoms with E-state index in [-0.39, 0.29) is 11.7 Å². The molecule has 1 aliphatic carbocycles. The third kappa shape index (κ3) is 3.43. The van der Waals surface area contributed by atoms with Gasteiger partial charge in [0.2, 0.25) is 11.7 Å². The molecule has 6 aliphatic rings. The summed E-state index contributed by atoms with van der Waals surface area (Å²) in [6.45, 7) is 0.546. The highest BCUT2D eigenvalue weighted by atomic mass is 35.5. The topological polar surface area (TPSA) is 93.5 Å². The molecule has 4 bridgehead atoms. The normalized spacial score (nSPS) is 29.7. The van der Waals surface area contributed by atoms with Gasteiger partial charge in [-0.05, 0) is 56.2 Å². The Bertz CT molecular complexity index is 1490. The van der Waals surface area contributed by atoms with Gasteiger partial charge in [-0.3, -0.25) is 4.79 Å². The molecule has 5 aliphatic heterocycles. The number of rotatable bonds is 4. The van der Waals surface area contributed by atoms with E-state index in [1.165, 1.54) is 12.8 Å². The van der Waals surface area contributed by atoms with Gasteiger partial charge in [0.25, 0.3) is 5.56 Å². The molecule has 7 heterocycles. The van der Waals surface area contributed by atoms with Crippen molar-refractivity contribution in [2.75, 3.05) is 22.1 Å². The number of aryl methyl sites for hydroxylation is 1. The van der Waals surface area contributed by atoms with Crippen LogP contribution in [0.4, 0.5) is 23.1 Å². The van der Waals surface area contributed by atoms with Gasteiger partial charge in [-0.15, -0.1) is 0 Å². The largest absolute Gasteiger partial charge is 0.486 e. The average Bonchev–Trinajstić information content (AvgIpc) is 3.68. The zero-order chi connectivity index (χ0) is 24.8. The van der Waals surface area contributed by atoms with Crippen LogP contribution in [-0.4, -0.2) is 51.5 Å².